The Morgan fingerprint density at radius 2 is 1.96 bits per heavy atom. The van der Waals surface area contributed by atoms with E-state index in [2.05, 4.69) is 52.9 Å². The Labute approximate surface area is 148 Å². The highest BCUT2D eigenvalue weighted by Crippen LogP contribution is 2.11. The van der Waals surface area contributed by atoms with Crippen LogP contribution >= 0.6 is 0 Å². The first-order valence-corrected chi connectivity index (χ1v) is 8.72. The molecule has 2 atom stereocenters. The predicted octanol–water partition coefficient (Wildman–Crippen LogP) is 2.34. The summed E-state index contributed by atoms with van der Waals surface area (Å²) in [5, 5.41) is 20.0. The maximum atomic E-state index is 4.40. The van der Waals surface area contributed by atoms with Gasteiger partial charge in [0.25, 0.3) is 0 Å². The SMILES string of the molecule is Cc1cnn([C@@H](C)[C@@H](C)NCCCc2nnnn2-c2ccccc2)c1. The van der Waals surface area contributed by atoms with E-state index in [1.807, 2.05) is 41.2 Å². The molecule has 0 fully saturated rings. The summed E-state index contributed by atoms with van der Waals surface area (Å²) in [6.07, 6.45) is 5.78. The summed E-state index contributed by atoms with van der Waals surface area (Å²) in [7, 11) is 0. The summed E-state index contributed by atoms with van der Waals surface area (Å²) < 4.78 is 3.82. The molecule has 1 N–H and O–H groups in total. The van der Waals surface area contributed by atoms with E-state index >= 15 is 0 Å². The quantitative estimate of drug-likeness (QED) is 0.638. The Hall–Kier alpha value is -2.54. The topological polar surface area (TPSA) is 73.5 Å². The van der Waals surface area contributed by atoms with Crippen LogP contribution in [0.5, 0.6) is 0 Å². The molecule has 0 saturated heterocycles. The van der Waals surface area contributed by atoms with Gasteiger partial charge in [-0.25, -0.2) is 0 Å². The Morgan fingerprint density at radius 1 is 1.16 bits per heavy atom. The number of hydrogen-bond acceptors (Lipinski definition) is 5. The summed E-state index contributed by atoms with van der Waals surface area (Å²) >= 11 is 0. The van der Waals surface area contributed by atoms with E-state index in [1.54, 1.807) is 4.68 Å². The molecule has 2 aromatic heterocycles. The van der Waals surface area contributed by atoms with Crippen molar-refractivity contribution < 1.29 is 0 Å². The molecule has 0 radical (unpaired) electrons. The van der Waals surface area contributed by atoms with Gasteiger partial charge in [-0.05, 0) is 61.9 Å². The number of nitrogens with zero attached hydrogens (tertiary/aromatic N) is 6. The molecule has 3 rings (SSSR count). The number of rotatable bonds is 8. The molecule has 2 heterocycles. The summed E-state index contributed by atoms with van der Waals surface area (Å²) in [4.78, 5) is 0. The first-order chi connectivity index (χ1) is 12.1. The molecule has 7 heteroatoms. The molecule has 25 heavy (non-hydrogen) atoms. The zero-order chi connectivity index (χ0) is 17.6. The summed E-state index contributed by atoms with van der Waals surface area (Å²) in [6, 6.07) is 10.6. The van der Waals surface area contributed by atoms with E-state index < -0.39 is 0 Å². The van der Waals surface area contributed by atoms with Crippen LogP contribution in [0.25, 0.3) is 5.69 Å². The molecule has 0 aliphatic heterocycles. The standard InChI is InChI=1S/C18H25N7/c1-14-12-20-24(13-14)16(3)15(2)19-11-7-10-18-21-22-23-25(18)17-8-5-4-6-9-17/h4-6,8-9,12-13,15-16,19H,7,10-11H2,1-3H3/t15-,16+/m1/s1. The minimum Gasteiger partial charge on any atom is -0.312 e. The molecule has 1 aromatic carbocycles. The molecule has 0 spiro atoms. The van der Waals surface area contributed by atoms with Gasteiger partial charge in [-0.15, -0.1) is 5.10 Å². The van der Waals surface area contributed by atoms with E-state index in [9.17, 15) is 0 Å². The van der Waals surface area contributed by atoms with Crippen LogP contribution in [0.15, 0.2) is 42.7 Å². The Bertz CT molecular complexity index is 778. The van der Waals surface area contributed by atoms with Gasteiger partial charge < -0.3 is 5.32 Å². The second-order valence-electron chi connectivity index (χ2n) is 6.43. The molecule has 0 bridgehead atoms. The van der Waals surface area contributed by atoms with Gasteiger partial charge >= 0.3 is 0 Å². The van der Waals surface area contributed by atoms with Crippen molar-refractivity contribution in [3.05, 3.63) is 54.1 Å². The van der Waals surface area contributed by atoms with Gasteiger partial charge in [-0.2, -0.15) is 9.78 Å². The number of aromatic nitrogens is 6. The lowest BCUT2D eigenvalue weighted by atomic mass is 10.1. The van der Waals surface area contributed by atoms with Gasteiger partial charge in [0.2, 0.25) is 0 Å². The van der Waals surface area contributed by atoms with Gasteiger partial charge in [0, 0.05) is 18.7 Å². The number of tetrazole rings is 1. The first-order valence-electron chi connectivity index (χ1n) is 8.72. The lowest BCUT2D eigenvalue weighted by molar-refractivity contribution is 0.364. The van der Waals surface area contributed by atoms with Crippen molar-refractivity contribution in [2.75, 3.05) is 6.54 Å². The molecule has 0 aliphatic rings. The highest BCUT2D eigenvalue weighted by Gasteiger charge is 2.14. The second-order valence-corrected chi connectivity index (χ2v) is 6.43. The van der Waals surface area contributed by atoms with E-state index in [1.165, 1.54) is 5.56 Å². The van der Waals surface area contributed by atoms with Crippen LogP contribution < -0.4 is 5.32 Å². The molecule has 7 nitrogen and oxygen atoms in total. The Morgan fingerprint density at radius 3 is 2.68 bits per heavy atom. The normalized spacial score (nSPS) is 13.7. The lowest BCUT2D eigenvalue weighted by Crippen LogP contribution is -2.34. The van der Waals surface area contributed by atoms with Crippen molar-refractivity contribution in [3.63, 3.8) is 0 Å². The van der Waals surface area contributed by atoms with Crippen molar-refractivity contribution in [1.29, 1.82) is 0 Å². The van der Waals surface area contributed by atoms with Crippen LogP contribution in [0, 0.1) is 6.92 Å². The third kappa shape index (κ3) is 4.30. The van der Waals surface area contributed by atoms with Crippen LogP contribution in [0.4, 0.5) is 0 Å². The summed E-state index contributed by atoms with van der Waals surface area (Å²) in [6.45, 7) is 7.34. The van der Waals surface area contributed by atoms with E-state index in [-0.39, 0.29) is 0 Å². The van der Waals surface area contributed by atoms with E-state index in [0.717, 1.165) is 30.9 Å². The second kappa shape index (κ2) is 8.02. The minimum absolute atomic E-state index is 0.309. The largest absolute Gasteiger partial charge is 0.312 e. The van der Waals surface area contributed by atoms with E-state index in [0.29, 0.717) is 12.1 Å². The average molecular weight is 339 g/mol. The smallest absolute Gasteiger partial charge is 0.156 e. The van der Waals surface area contributed by atoms with Crippen molar-refractivity contribution >= 4 is 0 Å². The predicted molar refractivity (Wildman–Crippen MR) is 96.6 cm³/mol. The highest BCUT2D eigenvalue weighted by molar-refractivity contribution is 5.30. The van der Waals surface area contributed by atoms with Crippen LogP contribution in [0.1, 0.15) is 37.7 Å². The Kier molecular flexibility index (Phi) is 5.55. The fourth-order valence-corrected chi connectivity index (χ4v) is 2.76. The highest BCUT2D eigenvalue weighted by atomic mass is 15.5. The van der Waals surface area contributed by atoms with Gasteiger partial charge in [0.05, 0.1) is 17.9 Å². The number of aryl methyl sites for hydroxylation is 2. The van der Waals surface area contributed by atoms with Gasteiger partial charge in [-0.1, -0.05) is 18.2 Å². The fraction of sp³-hybridized carbons (Fsp3) is 0.444. The monoisotopic (exact) mass is 339 g/mol. The molecule has 132 valence electrons. The van der Waals surface area contributed by atoms with Crippen LogP contribution in [-0.2, 0) is 6.42 Å². The van der Waals surface area contributed by atoms with Gasteiger partial charge in [-0.3, -0.25) is 4.68 Å². The summed E-state index contributed by atoms with van der Waals surface area (Å²) in [5.74, 6) is 0.886. The van der Waals surface area contributed by atoms with Crippen molar-refractivity contribution in [2.24, 2.45) is 0 Å². The Balaban J connectivity index is 1.48. The maximum absolute atomic E-state index is 4.40. The number of benzene rings is 1. The number of hydrogen-bond donors (Lipinski definition) is 1. The zero-order valence-corrected chi connectivity index (χ0v) is 15.0. The molecule has 0 aliphatic carbocycles. The molecule has 3 aromatic rings. The molecule has 0 amide bonds. The first kappa shape index (κ1) is 17.3. The van der Waals surface area contributed by atoms with Crippen molar-refractivity contribution in [1.82, 2.24) is 35.3 Å². The van der Waals surface area contributed by atoms with Crippen LogP contribution in [0.3, 0.4) is 0 Å². The number of nitrogens with one attached hydrogen (secondary N) is 1. The third-order valence-electron chi connectivity index (χ3n) is 4.45. The van der Waals surface area contributed by atoms with Crippen molar-refractivity contribution in [3.8, 4) is 5.69 Å². The van der Waals surface area contributed by atoms with Crippen LogP contribution in [0.2, 0.25) is 0 Å². The summed E-state index contributed by atoms with van der Waals surface area (Å²) in [5.41, 5.74) is 2.18. The zero-order valence-electron chi connectivity index (χ0n) is 15.0. The fourth-order valence-electron chi connectivity index (χ4n) is 2.76. The third-order valence-corrected chi connectivity index (χ3v) is 4.45. The van der Waals surface area contributed by atoms with Crippen molar-refractivity contribution in [2.45, 2.75) is 45.7 Å². The molecule has 0 unspecified atom stereocenters. The molecule has 0 saturated carbocycles. The molecular weight excluding hydrogens is 314 g/mol. The maximum Gasteiger partial charge on any atom is 0.156 e. The van der Waals surface area contributed by atoms with Crippen LogP contribution in [-0.4, -0.2) is 42.6 Å². The average Bonchev–Trinajstić information content (AvgIpc) is 3.27. The lowest BCUT2D eigenvalue weighted by Gasteiger charge is -2.21. The van der Waals surface area contributed by atoms with Gasteiger partial charge in [0.15, 0.2) is 5.82 Å². The number of para-hydroxylation sites is 1. The van der Waals surface area contributed by atoms with E-state index in [4.69, 9.17) is 0 Å². The van der Waals surface area contributed by atoms with Gasteiger partial charge in [0.1, 0.15) is 0 Å². The molecular formula is C18H25N7. The minimum atomic E-state index is 0.309.